The van der Waals surface area contributed by atoms with Crippen LogP contribution in [-0.2, 0) is 14.3 Å². The Bertz CT molecular complexity index is 202. The van der Waals surface area contributed by atoms with Gasteiger partial charge in [-0.3, -0.25) is 9.59 Å². The van der Waals surface area contributed by atoms with Gasteiger partial charge in [-0.25, -0.2) is 0 Å². The van der Waals surface area contributed by atoms with Gasteiger partial charge in [-0.2, -0.15) is 8.78 Å². The third kappa shape index (κ3) is 3.96. The zero-order chi connectivity index (χ0) is 10.5. The summed E-state index contributed by atoms with van der Waals surface area (Å²) in [5.41, 5.74) is 0. The highest BCUT2D eigenvalue weighted by molar-refractivity contribution is 5.99. The molecule has 0 aromatic rings. The molecule has 0 atom stereocenters. The number of ketones is 1. The van der Waals surface area contributed by atoms with Crippen molar-refractivity contribution in [2.75, 3.05) is 6.61 Å². The van der Waals surface area contributed by atoms with Crippen molar-refractivity contribution in [2.45, 2.75) is 32.6 Å². The van der Waals surface area contributed by atoms with Crippen molar-refractivity contribution in [2.24, 2.45) is 0 Å². The number of alkyl halides is 2. The lowest BCUT2D eigenvalue weighted by Gasteiger charge is -2.11. The Balaban J connectivity index is 4.07. The zero-order valence-electron chi connectivity index (χ0n) is 7.60. The number of carbonyl (C=O) groups excluding carboxylic acids is 2. The molecule has 3 nitrogen and oxygen atoms in total. The Morgan fingerprint density at radius 2 is 1.85 bits per heavy atom. The van der Waals surface area contributed by atoms with E-state index in [1.165, 1.54) is 6.92 Å². The molecule has 13 heavy (non-hydrogen) atoms. The van der Waals surface area contributed by atoms with Gasteiger partial charge in [0.15, 0.2) is 0 Å². The smallest absolute Gasteiger partial charge is 0.313 e. The second kappa shape index (κ2) is 4.89. The molecule has 0 aromatic heterocycles. The average molecular weight is 194 g/mol. The number of Topliss-reactive ketones (excluding diaryl/α,β-unsaturated/α-hetero) is 1. The van der Waals surface area contributed by atoms with Gasteiger partial charge >= 0.3 is 11.9 Å². The van der Waals surface area contributed by atoms with Crippen molar-refractivity contribution in [3.05, 3.63) is 0 Å². The van der Waals surface area contributed by atoms with E-state index in [0.29, 0.717) is 0 Å². The fraction of sp³-hybridized carbons (Fsp3) is 0.750. The Labute approximate surface area is 75.1 Å². The molecular formula is C8H12F2O3. The van der Waals surface area contributed by atoms with Gasteiger partial charge in [-0.05, 0) is 6.92 Å². The van der Waals surface area contributed by atoms with Gasteiger partial charge < -0.3 is 4.74 Å². The minimum absolute atomic E-state index is 0.0871. The van der Waals surface area contributed by atoms with Crippen molar-refractivity contribution < 1.29 is 23.1 Å². The van der Waals surface area contributed by atoms with E-state index in [1.807, 2.05) is 0 Å². The molecule has 0 heterocycles. The molecule has 0 amide bonds. The van der Waals surface area contributed by atoms with E-state index in [9.17, 15) is 18.4 Å². The molecule has 0 radical (unpaired) electrons. The number of esters is 1. The van der Waals surface area contributed by atoms with Crippen LogP contribution in [0.15, 0.2) is 0 Å². The van der Waals surface area contributed by atoms with Crippen LogP contribution in [0.2, 0.25) is 0 Å². The van der Waals surface area contributed by atoms with Crippen LogP contribution in [0.1, 0.15) is 26.7 Å². The summed E-state index contributed by atoms with van der Waals surface area (Å²) in [6.07, 6.45) is -1.44. The maximum atomic E-state index is 12.6. The summed E-state index contributed by atoms with van der Waals surface area (Å²) in [4.78, 5) is 21.4. The molecule has 0 aliphatic rings. The summed E-state index contributed by atoms with van der Waals surface area (Å²) in [7, 11) is 0. The van der Waals surface area contributed by atoms with E-state index in [4.69, 9.17) is 0 Å². The predicted molar refractivity (Wildman–Crippen MR) is 41.5 cm³/mol. The molecule has 0 aliphatic carbocycles. The average Bonchev–Trinajstić information content (AvgIpc) is 2.04. The maximum absolute atomic E-state index is 12.6. The van der Waals surface area contributed by atoms with Crippen LogP contribution in [0.4, 0.5) is 8.78 Å². The Kier molecular flexibility index (Phi) is 4.51. The molecular weight excluding hydrogens is 182 g/mol. The lowest BCUT2D eigenvalue weighted by atomic mass is 10.1. The van der Waals surface area contributed by atoms with Gasteiger partial charge in [0.1, 0.15) is 6.42 Å². The van der Waals surface area contributed by atoms with E-state index < -0.39 is 30.5 Å². The van der Waals surface area contributed by atoms with E-state index >= 15 is 0 Å². The van der Waals surface area contributed by atoms with Crippen LogP contribution >= 0.6 is 0 Å². The third-order valence-corrected chi connectivity index (χ3v) is 1.46. The molecule has 0 aliphatic heterocycles. The summed E-state index contributed by atoms with van der Waals surface area (Å²) >= 11 is 0. The number of rotatable bonds is 5. The van der Waals surface area contributed by atoms with Gasteiger partial charge in [0.05, 0.1) is 6.61 Å². The summed E-state index contributed by atoms with van der Waals surface area (Å²) in [6.45, 7) is 2.81. The summed E-state index contributed by atoms with van der Waals surface area (Å²) in [6, 6.07) is 0. The largest absolute Gasteiger partial charge is 0.466 e. The highest BCUT2D eigenvalue weighted by Crippen LogP contribution is 2.20. The number of hydrogen-bond acceptors (Lipinski definition) is 3. The molecule has 0 unspecified atom stereocenters. The first kappa shape index (κ1) is 12.0. The summed E-state index contributed by atoms with van der Waals surface area (Å²) < 4.78 is 29.5. The monoisotopic (exact) mass is 194 g/mol. The van der Waals surface area contributed by atoms with Crippen molar-refractivity contribution >= 4 is 11.8 Å². The van der Waals surface area contributed by atoms with Gasteiger partial charge in [0, 0.05) is 6.42 Å². The van der Waals surface area contributed by atoms with E-state index in [1.54, 1.807) is 6.92 Å². The lowest BCUT2D eigenvalue weighted by molar-refractivity contribution is -0.154. The van der Waals surface area contributed by atoms with E-state index in [-0.39, 0.29) is 6.61 Å². The number of hydrogen-bond donors (Lipinski definition) is 0. The summed E-state index contributed by atoms with van der Waals surface area (Å²) in [5.74, 6) is -5.69. The highest BCUT2D eigenvalue weighted by Gasteiger charge is 2.37. The van der Waals surface area contributed by atoms with Gasteiger partial charge in [-0.1, -0.05) is 6.92 Å². The molecule has 0 aromatic carbocycles. The first-order valence-corrected chi connectivity index (χ1v) is 4.00. The van der Waals surface area contributed by atoms with Crippen molar-refractivity contribution in [3.8, 4) is 0 Å². The maximum Gasteiger partial charge on any atom is 0.313 e. The molecule has 0 fully saturated rings. The van der Waals surface area contributed by atoms with Crippen LogP contribution in [0.5, 0.6) is 0 Å². The first-order chi connectivity index (χ1) is 5.94. The summed E-state index contributed by atoms with van der Waals surface area (Å²) in [5, 5.41) is 0. The van der Waals surface area contributed by atoms with Gasteiger partial charge in [0.2, 0.25) is 5.78 Å². The quantitative estimate of drug-likeness (QED) is 0.492. The third-order valence-electron chi connectivity index (χ3n) is 1.46. The van der Waals surface area contributed by atoms with Crippen molar-refractivity contribution in [1.29, 1.82) is 0 Å². The standard InChI is InChI=1S/C8H12F2O3/c1-3-8(9,10)6(11)5-7(12)13-4-2/h3-5H2,1-2H3. The second-order valence-corrected chi connectivity index (χ2v) is 2.46. The van der Waals surface area contributed by atoms with Crippen molar-refractivity contribution in [3.63, 3.8) is 0 Å². The number of halogens is 2. The normalized spacial score (nSPS) is 11.1. The molecule has 76 valence electrons. The van der Waals surface area contributed by atoms with E-state index in [2.05, 4.69) is 4.74 Å². The molecule has 0 saturated heterocycles. The fourth-order valence-electron chi connectivity index (χ4n) is 0.670. The fourth-order valence-corrected chi connectivity index (χ4v) is 0.670. The number of carbonyl (C=O) groups is 2. The number of ether oxygens (including phenoxy) is 1. The van der Waals surface area contributed by atoms with Gasteiger partial charge in [-0.15, -0.1) is 0 Å². The van der Waals surface area contributed by atoms with Crippen LogP contribution < -0.4 is 0 Å². The highest BCUT2D eigenvalue weighted by atomic mass is 19.3. The molecule has 5 heteroatoms. The SMILES string of the molecule is CCOC(=O)CC(=O)C(F)(F)CC. The Morgan fingerprint density at radius 3 is 2.23 bits per heavy atom. The van der Waals surface area contributed by atoms with Crippen LogP contribution in [-0.4, -0.2) is 24.3 Å². The molecule has 0 N–H and O–H groups in total. The van der Waals surface area contributed by atoms with Crippen LogP contribution in [0.25, 0.3) is 0 Å². The topological polar surface area (TPSA) is 43.4 Å². The van der Waals surface area contributed by atoms with Crippen LogP contribution in [0, 0.1) is 0 Å². The first-order valence-electron chi connectivity index (χ1n) is 4.00. The lowest BCUT2D eigenvalue weighted by Crippen LogP contribution is -2.30. The second-order valence-electron chi connectivity index (χ2n) is 2.46. The molecule has 0 rings (SSSR count). The Hall–Kier alpha value is -1.00. The zero-order valence-corrected chi connectivity index (χ0v) is 7.60. The minimum Gasteiger partial charge on any atom is -0.466 e. The molecule has 0 bridgehead atoms. The minimum atomic E-state index is -3.41. The predicted octanol–water partition coefficient (Wildman–Crippen LogP) is 1.55. The van der Waals surface area contributed by atoms with Crippen LogP contribution in [0.3, 0.4) is 0 Å². The molecule has 0 saturated carbocycles. The van der Waals surface area contributed by atoms with Gasteiger partial charge in [0.25, 0.3) is 0 Å². The molecule has 0 spiro atoms. The Morgan fingerprint density at radius 1 is 1.31 bits per heavy atom. The van der Waals surface area contributed by atoms with Crippen molar-refractivity contribution in [1.82, 2.24) is 0 Å². The van der Waals surface area contributed by atoms with E-state index in [0.717, 1.165) is 0 Å².